The molecule has 0 bridgehead atoms. The predicted molar refractivity (Wildman–Crippen MR) is 597 cm³/mol. The molecule has 22 rings (SSSR count). The van der Waals surface area contributed by atoms with E-state index < -0.39 is 79.5 Å². The summed E-state index contributed by atoms with van der Waals surface area (Å²) in [7, 11) is -1.78. The maximum Gasteiger partial charge on any atom is 0 e. The fraction of sp³-hybridized carbons (Fsp3) is 0.0336. The minimum atomic E-state index is -1.18. The summed E-state index contributed by atoms with van der Waals surface area (Å²) in [6, 6.07) is 162. The number of ether oxygens (including phenoxy) is 1. The average Bonchev–Trinajstić information content (AvgIpc) is 1.67. The number of nitrogens with one attached hydrogen (secondary N) is 1. The van der Waals surface area contributed by atoms with Crippen LogP contribution in [0.5, 0.6) is 11.6 Å². The zero-order valence-electron chi connectivity index (χ0n) is 79.4. The van der Waals surface area contributed by atoms with E-state index >= 15 is 0 Å². The van der Waals surface area contributed by atoms with Crippen molar-refractivity contribution in [2.45, 2.75) is 19.8 Å². The van der Waals surface area contributed by atoms with Crippen molar-refractivity contribution in [3.8, 4) is 34.7 Å². The van der Waals surface area contributed by atoms with Crippen LogP contribution in [0.25, 0.3) is 34.1 Å². The van der Waals surface area contributed by atoms with Crippen LogP contribution < -0.4 is 79.4 Å². The number of anilines is 3. The van der Waals surface area contributed by atoms with E-state index in [2.05, 4.69) is 450 Å². The van der Waals surface area contributed by atoms with Gasteiger partial charge in [-0.25, -0.2) is 37.7 Å². The molecular formula is C119H101BrF5N13OP4PdSn. The molecule has 13 aromatic carbocycles. The van der Waals surface area contributed by atoms with Gasteiger partial charge in [0.2, 0.25) is 35.4 Å². The zero-order chi connectivity index (χ0) is 100. The van der Waals surface area contributed by atoms with Crippen molar-refractivity contribution < 1.29 is 47.1 Å². The molecule has 0 aliphatic rings. The Kier molecular flexibility index (Phi) is 42.5. The van der Waals surface area contributed by atoms with E-state index in [1.54, 1.807) is 63.9 Å². The third-order valence-corrected chi connectivity index (χ3v) is 30.5. The molecule has 0 saturated carbocycles. The molecule has 0 amide bonds. The van der Waals surface area contributed by atoms with Crippen molar-refractivity contribution in [2.24, 2.45) is 0 Å². The smallest absolute Gasteiger partial charge is 0 e. The van der Waals surface area contributed by atoms with Gasteiger partial charge in [-0.3, -0.25) is 9.97 Å². The first-order chi connectivity index (χ1) is 70.4. The first-order valence-corrected chi connectivity index (χ1v) is 63.5. The van der Waals surface area contributed by atoms with Gasteiger partial charge in [-0.15, -0.1) is 10.2 Å². The summed E-state index contributed by atoms with van der Waals surface area (Å²) in [5, 5.41) is 28.3. The Balaban J connectivity index is 0.000000140. The standard InChI is InChI=1S/4C18H15P.C17H11FN4O.C16H10F2N6.C5H3BrFN.C5H5FN2.4CH3.Pd.Sn/c4*1-4-10-16(11-5-1)19(17-12-6-2-7-13-17)18-14-8-3-9-15-18;18-15-10-4-8-13(19-15)16-20-17(14-9-5-11-22(14)21-16)23-12-6-2-1-3-7-12;17-10-9-19-7-6-11(10)21-16-13-4-2-8-24(13)23-15(22-16)12-3-1-5-14(18)20-12;6-4-2-1-3-5(7)8-4;6-4-3-8-2-1-5(4)7;;;;;;/h4*1-15H;1-11H;1-9H,(H,19,21,22,23);1-3H;1-3H,(H2,7,8);4*1H3;;. The van der Waals surface area contributed by atoms with Gasteiger partial charge in [0.05, 0.1) is 23.8 Å². The van der Waals surface area contributed by atoms with Crippen molar-refractivity contribution in [3.05, 3.63) is 557 Å². The molecule has 0 saturated heterocycles. The second-order valence-electron chi connectivity index (χ2n) is 32.8. The number of halogens is 6. The molecule has 0 radical (unpaired) electrons. The van der Waals surface area contributed by atoms with E-state index in [1.807, 2.05) is 42.5 Å². The molecule has 0 aliphatic carbocycles. The summed E-state index contributed by atoms with van der Waals surface area (Å²) in [6.07, 6.45) is 8.59. The fourth-order valence-electron chi connectivity index (χ4n) is 14.0. The molecule has 0 atom stereocenters. The van der Waals surface area contributed by atoms with Crippen LogP contribution >= 0.6 is 47.6 Å². The predicted octanol–water partition coefficient (Wildman–Crippen LogP) is 25.4. The Hall–Kier alpha value is -14.4. The fourth-order valence-corrected chi connectivity index (χ4v) is 23.5. The summed E-state index contributed by atoms with van der Waals surface area (Å²) >= 11 is 1.83. The number of rotatable bonds is 18. The van der Waals surface area contributed by atoms with Crippen LogP contribution in [0.15, 0.2) is 527 Å². The van der Waals surface area contributed by atoms with Crippen LogP contribution in [-0.4, -0.2) is 72.5 Å². The molecular weight excluding hydrogens is 2150 g/mol. The van der Waals surface area contributed by atoms with Crippen LogP contribution in [-0.2, 0) is 20.4 Å². The number of nitrogens with two attached hydrogens (primary N) is 1. The summed E-state index contributed by atoms with van der Waals surface area (Å²) in [4.78, 5) is 36.6. The molecule has 22 aromatic rings. The van der Waals surface area contributed by atoms with Gasteiger partial charge in [-0.1, -0.05) is 400 Å². The summed E-state index contributed by atoms with van der Waals surface area (Å²) in [5.74, 6) is -0.707. The maximum absolute atomic E-state index is 13.8. The Morgan fingerprint density at radius 1 is 0.290 bits per heavy atom. The van der Waals surface area contributed by atoms with E-state index in [-0.39, 0.29) is 43.3 Å². The quantitative estimate of drug-likeness (QED) is 0.0361. The number of para-hydroxylation sites is 1. The molecule has 145 heavy (non-hydrogen) atoms. The Labute approximate surface area is 873 Å². The van der Waals surface area contributed by atoms with E-state index in [4.69, 9.17) is 10.5 Å². The number of nitrogen functional groups attached to an aromatic ring is 1. The van der Waals surface area contributed by atoms with Gasteiger partial charge in [-0.2, -0.15) is 18.2 Å². The van der Waals surface area contributed by atoms with Crippen LogP contribution in [0, 0.1) is 29.5 Å². The monoisotopic (exact) mass is 2250 g/mol. The van der Waals surface area contributed by atoms with E-state index in [1.165, 1.54) is 112 Å². The summed E-state index contributed by atoms with van der Waals surface area (Å²) in [5.41, 5.74) is 7.46. The van der Waals surface area contributed by atoms with E-state index in [9.17, 15) is 22.0 Å². The molecule has 0 unspecified atom stereocenters. The molecule has 3 N–H and O–H groups in total. The SMILES string of the molecule is Fc1cccc(-c2nc(Nc3ccncc3F)c3cccn3n2)n1.Fc1cccc(-c2nc(Oc3ccccc3)c3cccn3n2)n1.Fc1cccc(Br)n1.Nc1ccncc1F.[CH3][Sn]([CH3])([CH3])[CH3].[Pd].c1ccc(P(c2ccccc2)c2ccccc2)cc1.c1ccc(P(c2ccccc2)c2ccccc2)cc1.c1ccc(P(c2ccccc2)c2ccccc2)cc1.c1ccc(P(c2ccccc2)c2ccccc2)cc1. The molecule has 0 spiro atoms. The third-order valence-electron chi connectivity index (χ3n) is 20.3. The number of hydrogen-bond donors (Lipinski definition) is 2. The van der Waals surface area contributed by atoms with Crippen molar-refractivity contribution >= 4 is 158 Å². The second kappa shape index (κ2) is 57.2. The Morgan fingerprint density at radius 2 is 0.559 bits per heavy atom. The molecule has 9 aromatic heterocycles. The van der Waals surface area contributed by atoms with Gasteiger partial charge < -0.3 is 15.8 Å². The summed E-state index contributed by atoms with van der Waals surface area (Å²) in [6.45, 7) is 0. The number of hydrogen-bond acceptors (Lipinski definition) is 12. The Morgan fingerprint density at radius 3 is 0.828 bits per heavy atom. The van der Waals surface area contributed by atoms with Crippen molar-refractivity contribution in [1.82, 2.24) is 54.1 Å². The first-order valence-electron chi connectivity index (χ1n) is 45.9. The number of benzene rings is 13. The van der Waals surface area contributed by atoms with Crippen LogP contribution in [0.2, 0.25) is 19.8 Å². The van der Waals surface area contributed by atoms with Gasteiger partial charge in [0.1, 0.15) is 32.8 Å². The second-order valence-corrected chi connectivity index (χ2v) is 59.7. The van der Waals surface area contributed by atoms with Crippen LogP contribution in [0.4, 0.5) is 39.1 Å². The maximum atomic E-state index is 13.8. The molecule has 26 heteroatoms. The molecule has 14 nitrogen and oxygen atoms in total. The van der Waals surface area contributed by atoms with Gasteiger partial charge >= 0.3 is 38.1 Å². The molecule has 724 valence electrons. The minimum Gasteiger partial charge on any atom is -0.0622 e. The summed E-state index contributed by atoms with van der Waals surface area (Å²) < 4.78 is 74.3. The number of fused-ring (bicyclic) bond motifs is 2. The van der Waals surface area contributed by atoms with Gasteiger partial charge in [0.25, 0.3) is 0 Å². The number of aromatic nitrogens is 11. The minimum absolute atomic E-state index is 0. The van der Waals surface area contributed by atoms with Crippen molar-refractivity contribution in [1.29, 1.82) is 0 Å². The molecule has 9 heterocycles. The van der Waals surface area contributed by atoms with Gasteiger partial charge in [0, 0.05) is 45.2 Å². The first kappa shape index (κ1) is 108. The molecule has 0 aliphatic heterocycles. The van der Waals surface area contributed by atoms with Crippen molar-refractivity contribution in [3.63, 3.8) is 0 Å². The number of nitrogens with zero attached hydrogens (tertiary/aromatic N) is 11. The topological polar surface area (TPSA) is 172 Å². The zero-order valence-corrected chi connectivity index (χ0v) is 89.0. The average molecular weight is 2250 g/mol. The largest absolute Gasteiger partial charge is 0.0622 e. The normalized spacial score (nSPS) is 10.5. The van der Waals surface area contributed by atoms with E-state index in [0.29, 0.717) is 44.6 Å². The van der Waals surface area contributed by atoms with Crippen LogP contribution in [0.1, 0.15) is 0 Å². The van der Waals surface area contributed by atoms with Crippen LogP contribution in [0.3, 0.4) is 0 Å². The van der Waals surface area contributed by atoms with Crippen molar-refractivity contribution in [2.75, 3.05) is 11.1 Å². The van der Waals surface area contributed by atoms with Gasteiger partial charge in [-0.05, 0) is 196 Å². The Bertz CT molecular complexity index is 6670. The van der Waals surface area contributed by atoms with Gasteiger partial charge in [0.15, 0.2) is 17.5 Å². The number of pyridine rings is 5. The van der Waals surface area contributed by atoms with E-state index in [0.717, 1.165) is 12.4 Å². The molecule has 0 fully saturated rings. The third kappa shape index (κ3) is 33.8.